The van der Waals surface area contributed by atoms with Gasteiger partial charge in [0, 0.05) is 12.0 Å². The van der Waals surface area contributed by atoms with E-state index in [-0.39, 0.29) is 5.75 Å². The fourth-order valence-corrected chi connectivity index (χ4v) is 2.77. The third-order valence-electron chi connectivity index (χ3n) is 2.61. The van der Waals surface area contributed by atoms with Crippen LogP contribution in [0.3, 0.4) is 0 Å². The van der Waals surface area contributed by atoms with Gasteiger partial charge in [-0.3, -0.25) is 0 Å². The topological polar surface area (TPSA) is 54.4 Å². The Morgan fingerprint density at radius 2 is 2.00 bits per heavy atom. The fourth-order valence-electron chi connectivity index (χ4n) is 2.11. The van der Waals surface area contributed by atoms with E-state index in [9.17, 15) is 13.5 Å². The second-order valence-corrected chi connectivity index (χ2v) is 6.73. The second-order valence-electron chi connectivity index (χ2n) is 4.47. The zero-order valence-electron chi connectivity index (χ0n) is 8.28. The van der Waals surface area contributed by atoms with E-state index < -0.39 is 15.4 Å². The van der Waals surface area contributed by atoms with Crippen molar-refractivity contribution < 1.29 is 13.5 Å². The summed E-state index contributed by atoms with van der Waals surface area (Å²) in [6.45, 7) is 2.10. The molecular formula is C9H18O3S. The highest BCUT2D eigenvalue weighted by Gasteiger charge is 2.39. The SMILES string of the molecule is CC1CC(O)(CCCS(C)(=O)=O)C1. The van der Waals surface area contributed by atoms with E-state index in [1.807, 2.05) is 0 Å². The smallest absolute Gasteiger partial charge is 0.147 e. The molecule has 1 rings (SSSR count). The Morgan fingerprint density at radius 1 is 1.46 bits per heavy atom. The molecule has 0 aromatic rings. The van der Waals surface area contributed by atoms with Gasteiger partial charge < -0.3 is 5.11 Å². The molecule has 1 N–H and O–H groups in total. The number of sulfone groups is 1. The minimum absolute atomic E-state index is 0.198. The summed E-state index contributed by atoms with van der Waals surface area (Å²) >= 11 is 0. The largest absolute Gasteiger partial charge is 0.390 e. The molecule has 0 aromatic carbocycles. The van der Waals surface area contributed by atoms with Crippen LogP contribution >= 0.6 is 0 Å². The lowest BCUT2D eigenvalue weighted by molar-refractivity contribution is -0.0737. The minimum atomic E-state index is -2.86. The van der Waals surface area contributed by atoms with Crippen molar-refractivity contribution in [3.8, 4) is 0 Å². The van der Waals surface area contributed by atoms with Crippen LogP contribution in [0.15, 0.2) is 0 Å². The number of rotatable bonds is 4. The predicted octanol–water partition coefficient (Wildman–Crippen LogP) is 0.972. The Hall–Kier alpha value is -0.0900. The average Bonchev–Trinajstić information content (AvgIpc) is 1.80. The van der Waals surface area contributed by atoms with Crippen LogP contribution < -0.4 is 0 Å². The first-order chi connectivity index (χ1) is 5.81. The maximum Gasteiger partial charge on any atom is 0.147 e. The maximum absolute atomic E-state index is 10.8. The maximum atomic E-state index is 10.8. The molecule has 4 heteroatoms. The van der Waals surface area contributed by atoms with E-state index in [2.05, 4.69) is 6.92 Å². The van der Waals surface area contributed by atoms with E-state index in [4.69, 9.17) is 0 Å². The highest BCUT2D eigenvalue weighted by Crippen LogP contribution is 2.40. The molecule has 78 valence electrons. The summed E-state index contributed by atoms with van der Waals surface area (Å²) in [5.41, 5.74) is -0.551. The van der Waals surface area contributed by atoms with Crippen LogP contribution in [-0.4, -0.2) is 31.1 Å². The van der Waals surface area contributed by atoms with Crippen molar-refractivity contribution >= 4 is 9.84 Å². The van der Waals surface area contributed by atoms with Crippen molar-refractivity contribution in [1.29, 1.82) is 0 Å². The molecule has 3 nitrogen and oxygen atoms in total. The van der Waals surface area contributed by atoms with Crippen LogP contribution in [-0.2, 0) is 9.84 Å². The molecule has 1 aliphatic carbocycles. The van der Waals surface area contributed by atoms with Crippen molar-refractivity contribution in [2.24, 2.45) is 5.92 Å². The Bertz CT molecular complexity index is 263. The number of hydrogen-bond acceptors (Lipinski definition) is 3. The van der Waals surface area contributed by atoms with Crippen LogP contribution in [0.2, 0.25) is 0 Å². The summed E-state index contributed by atoms with van der Waals surface area (Å²) in [6.07, 6.45) is 4.11. The lowest BCUT2D eigenvalue weighted by Crippen LogP contribution is -2.42. The summed E-state index contributed by atoms with van der Waals surface area (Å²) in [5, 5.41) is 9.78. The van der Waals surface area contributed by atoms with Gasteiger partial charge in [-0.25, -0.2) is 8.42 Å². The quantitative estimate of drug-likeness (QED) is 0.745. The molecule has 0 radical (unpaired) electrons. The molecule has 1 aliphatic rings. The predicted molar refractivity (Wildman–Crippen MR) is 52.3 cm³/mol. The van der Waals surface area contributed by atoms with Crippen molar-refractivity contribution in [3.63, 3.8) is 0 Å². The van der Waals surface area contributed by atoms with E-state index in [1.165, 1.54) is 6.26 Å². The minimum Gasteiger partial charge on any atom is -0.390 e. The Labute approximate surface area is 80.1 Å². The van der Waals surface area contributed by atoms with Crippen LogP contribution in [0.4, 0.5) is 0 Å². The molecule has 1 saturated carbocycles. The molecule has 13 heavy (non-hydrogen) atoms. The Morgan fingerprint density at radius 3 is 2.38 bits per heavy atom. The molecule has 0 bridgehead atoms. The van der Waals surface area contributed by atoms with Crippen molar-refractivity contribution in [3.05, 3.63) is 0 Å². The Balaban J connectivity index is 2.21. The molecule has 0 aliphatic heterocycles. The molecule has 0 saturated heterocycles. The van der Waals surface area contributed by atoms with Gasteiger partial charge in [0.05, 0.1) is 5.60 Å². The van der Waals surface area contributed by atoms with Gasteiger partial charge in [0.25, 0.3) is 0 Å². The summed E-state index contributed by atoms with van der Waals surface area (Å²) in [4.78, 5) is 0. The van der Waals surface area contributed by atoms with Gasteiger partial charge in [-0.15, -0.1) is 0 Å². The van der Waals surface area contributed by atoms with E-state index in [0.717, 1.165) is 12.8 Å². The zero-order chi connectivity index (χ0) is 10.1. The van der Waals surface area contributed by atoms with E-state index in [1.54, 1.807) is 0 Å². The van der Waals surface area contributed by atoms with Crippen molar-refractivity contribution in [2.45, 2.75) is 38.2 Å². The van der Waals surface area contributed by atoms with Crippen molar-refractivity contribution in [1.82, 2.24) is 0 Å². The van der Waals surface area contributed by atoms with Gasteiger partial charge in [-0.2, -0.15) is 0 Å². The normalized spacial score (nSPS) is 34.2. The standard InChI is InChI=1S/C9H18O3S/c1-8-6-9(10,7-8)4-3-5-13(2,11)12/h8,10H,3-7H2,1-2H3. The van der Waals surface area contributed by atoms with Gasteiger partial charge in [-0.1, -0.05) is 6.92 Å². The summed E-state index contributed by atoms with van der Waals surface area (Å²) in [6, 6.07) is 0. The third-order valence-corrected chi connectivity index (χ3v) is 3.64. The zero-order valence-corrected chi connectivity index (χ0v) is 9.10. The van der Waals surface area contributed by atoms with Crippen LogP contribution in [0.5, 0.6) is 0 Å². The highest BCUT2D eigenvalue weighted by atomic mass is 32.2. The van der Waals surface area contributed by atoms with Crippen LogP contribution in [0.25, 0.3) is 0 Å². The Kier molecular flexibility index (Phi) is 3.02. The van der Waals surface area contributed by atoms with Gasteiger partial charge in [0.15, 0.2) is 0 Å². The summed E-state index contributed by atoms with van der Waals surface area (Å²) in [5.74, 6) is 0.798. The van der Waals surface area contributed by atoms with Gasteiger partial charge in [-0.05, 0) is 31.6 Å². The molecule has 0 heterocycles. The van der Waals surface area contributed by atoms with Crippen LogP contribution in [0.1, 0.15) is 32.6 Å². The third kappa shape index (κ3) is 3.65. The van der Waals surface area contributed by atoms with Gasteiger partial charge in [0.1, 0.15) is 9.84 Å². The monoisotopic (exact) mass is 206 g/mol. The van der Waals surface area contributed by atoms with Crippen LogP contribution in [0, 0.1) is 5.92 Å². The molecule has 0 unspecified atom stereocenters. The second kappa shape index (κ2) is 3.58. The van der Waals surface area contributed by atoms with Gasteiger partial charge in [0.2, 0.25) is 0 Å². The first kappa shape index (κ1) is 11.0. The summed E-state index contributed by atoms with van der Waals surface area (Å²) in [7, 11) is -2.86. The first-order valence-electron chi connectivity index (χ1n) is 4.71. The average molecular weight is 206 g/mol. The molecule has 0 aromatic heterocycles. The number of aliphatic hydroxyl groups is 1. The van der Waals surface area contributed by atoms with Gasteiger partial charge >= 0.3 is 0 Å². The molecule has 0 atom stereocenters. The van der Waals surface area contributed by atoms with E-state index in [0.29, 0.717) is 18.8 Å². The molecule has 1 fully saturated rings. The highest BCUT2D eigenvalue weighted by molar-refractivity contribution is 7.90. The lowest BCUT2D eigenvalue weighted by atomic mass is 9.70. The fraction of sp³-hybridized carbons (Fsp3) is 1.00. The molecule has 0 spiro atoms. The summed E-state index contributed by atoms with van der Waals surface area (Å²) < 4.78 is 21.6. The van der Waals surface area contributed by atoms with Crippen molar-refractivity contribution in [2.75, 3.05) is 12.0 Å². The first-order valence-corrected chi connectivity index (χ1v) is 6.77. The molecular weight excluding hydrogens is 188 g/mol. The van der Waals surface area contributed by atoms with E-state index >= 15 is 0 Å². The lowest BCUT2D eigenvalue weighted by Gasteiger charge is -2.42. The number of hydrogen-bond donors (Lipinski definition) is 1. The molecule has 0 amide bonds.